The van der Waals surface area contributed by atoms with Crippen molar-refractivity contribution in [2.24, 2.45) is 0 Å². The van der Waals surface area contributed by atoms with E-state index in [1.165, 1.54) is 18.4 Å². The molecule has 1 aliphatic rings. The van der Waals surface area contributed by atoms with Crippen LogP contribution in [-0.2, 0) is 17.8 Å². The number of anilines is 1. The average molecular weight is 364 g/mol. The summed E-state index contributed by atoms with van der Waals surface area (Å²) in [6.07, 6.45) is 12.7. The third-order valence-corrected chi connectivity index (χ3v) is 4.79. The van der Waals surface area contributed by atoms with Crippen LogP contribution in [0, 0.1) is 0 Å². The van der Waals surface area contributed by atoms with Crippen LogP contribution < -0.4 is 10.1 Å². The summed E-state index contributed by atoms with van der Waals surface area (Å²) in [5.74, 6) is 0.897. The van der Waals surface area contributed by atoms with Crippen molar-refractivity contribution in [3.63, 3.8) is 0 Å². The minimum Gasteiger partial charge on any atom is -0.489 e. The van der Waals surface area contributed by atoms with Gasteiger partial charge in [-0.2, -0.15) is 0 Å². The summed E-state index contributed by atoms with van der Waals surface area (Å²) in [6.45, 7) is 0.525. The smallest absolute Gasteiger partial charge is 0.224 e. The van der Waals surface area contributed by atoms with Gasteiger partial charge < -0.3 is 10.1 Å². The van der Waals surface area contributed by atoms with Crippen LogP contribution in [0.5, 0.6) is 5.75 Å². The lowest BCUT2D eigenvalue weighted by molar-refractivity contribution is -0.116. The number of ether oxygens (including phenoxy) is 1. The largest absolute Gasteiger partial charge is 0.489 e. The molecule has 27 heavy (non-hydrogen) atoms. The van der Waals surface area contributed by atoms with E-state index in [9.17, 15) is 4.79 Å². The van der Waals surface area contributed by atoms with Gasteiger partial charge in [0.15, 0.2) is 0 Å². The molecule has 1 amide bonds. The number of amides is 1. The molecule has 0 aliphatic carbocycles. The SMILES string of the molecule is O=C1CCCCCC/C=C\CCc2cc(cc(OCc3ccccc3)c2)N1. The number of rotatable bonds is 3. The van der Waals surface area contributed by atoms with Crippen LogP contribution in [-0.4, -0.2) is 5.91 Å². The van der Waals surface area contributed by atoms with E-state index in [4.69, 9.17) is 4.74 Å². The molecule has 142 valence electrons. The van der Waals surface area contributed by atoms with Crippen LogP contribution in [0.1, 0.15) is 56.1 Å². The molecule has 0 saturated heterocycles. The number of aryl methyl sites for hydroxylation is 1. The number of hydrogen-bond acceptors (Lipinski definition) is 2. The summed E-state index contributed by atoms with van der Waals surface area (Å²) >= 11 is 0. The van der Waals surface area contributed by atoms with Gasteiger partial charge in [0.25, 0.3) is 0 Å². The van der Waals surface area contributed by atoms with Gasteiger partial charge in [0, 0.05) is 18.2 Å². The molecule has 2 aromatic carbocycles. The zero-order valence-corrected chi connectivity index (χ0v) is 16.0. The van der Waals surface area contributed by atoms with Gasteiger partial charge >= 0.3 is 0 Å². The number of allylic oxidation sites excluding steroid dienone is 2. The molecule has 1 aliphatic heterocycles. The lowest BCUT2D eigenvalue weighted by Gasteiger charge is -2.12. The fourth-order valence-electron chi connectivity index (χ4n) is 3.31. The van der Waals surface area contributed by atoms with Gasteiger partial charge in [-0.25, -0.2) is 0 Å². The second-order valence-corrected chi connectivity index (χ2v) is 7.15. The molecule has 2 bridgehead atoms. The Morgan fingerprint density at radius 3 is 2.56 bits per heavy atom. The maximum atomic E-state index is 12.3. The first-order valence-corrected chi connectivity index (χ1v) is 10.1. The Labute approximate surface area is 162 Å². The van der Waals surface area contributed by atoms with E-state index in [1.54, 1.807) is 0 Å². The monoisotopic (exact) mass is 363 g/mol. The number of nitrogens with one attached hydrogen (secondary N) is 1. The van der Waals surface area contributed by atoms with Crippen LogP contribution in [0.2, 0.25) is 0 Å². The molecular formula is C24H29NO2. The highest BCUT2D eigenvalue weighted by molar-refractivity contribution is 5.91. The zero-order chi connectivity index (χ0) is 18.7. The molecule has 0 fully saturated rings. The number of hydrogen-bond donors (Lipinski definition) is 1. The number of benzene rings is 2. The van der Waals surface area contributed by atoms with Crippen molar-refractivity contribution in [3.8, 4) is 5.75 Å². The molecule has 0 saturated carbocycles. The topological polar surface area (TPSA) is 38.3 Å². The molecule has 0 atom stereocenters. The Morgan fingerprint density at radius 1 is 0.852 bits per heavy atom. The van der Waals surface area contributed by atoms with Gasteiger partial charge in [0.05, 0.1) is 0 Å². The first-order valence-electron chi connectivity index (χ1n) is 10.1. The minimum absolute atomic E-state index is 0.0918. The van der Waals surface area contributed by atoms with Gasteiger partial charge in [-0.1, -0.05) is 55.3 Å². The average Bonchev–Trinajstić information content (AvgIpc) is 2.68. The predicted octanol–water partition coefficient (Wildman–Crippen LogP) is 6.05. The van der Waals surface area contributed by atoms with Gasteiger partial charge in [-0.05, 0) is 55.4 Å². The van der Waals surface area contributed by atoms with E-state index in [1.807, 2.05) is 24.3 Å². The van der Waals surface area contributed by atoms with Crippen molar-refractivity contribution in [2.75, 3.05) is 5.32 Å². The summed E-state index contributed by atoms with van der Waals surface area (Å²) in [5, 5.41) is 3.05. The zero-order valence-electron chi connectivity index (χ0n) is 16.0. The van der Waals surface area contributed by atoms with Crippen LogP contribution >= 0.6 is 0 Å². The Kier molecular flexibility index (Phi) is 7.52. The van der Waals surface area contributed by atoms with Gasteiger partial charge in [-0.15, -0.1) is 0 Å². The highest BCUT2D eigenvalue weighted by Gasteiger charge is 2.07. The number of carbonyl (C=O) groups is 1. The molecular weight excluding hydrogens is 334 g/mol. The fourth-order valence-corrected chi connectivity index (χ4v) is 3.31. The van der Waals surface area contributed by atoms with Crippen molar-refractivity contribution in [1.29, 1.82) is 0 Å². The summed E-state index contributed by atoms with van der Waals surface area (Å²) in [5.41, 5.74) is 3.16. The van der Waals surface area contributed by atoms with Crippen LogP contribution in [0.3, 0.4) is 0 Å². The second-order valence-electron chi connectivity index (χ2n) is 7.15. The third-order valence-electron chi connectivity index (χ3n) is 4.79. The van der Waals surface area contributed by atoms with Crippen LogP contribution in [0.25, 0.3) is 0 Å². The number of carbonyl (C=O) groups excluding carboxylic acids is 1. The van der Waals surface area contributed by atoms with Crippen molar-refractivity contribution in [2.45, 2.75) is 58.0 Å². The summed E-state index contributed by atoms with van der Waals surface area (Å²) in [4.78, 5) is 12.3. The lowest BCUT2D eigenvalue weighted by Crippen LogP contribution is -2.11. The standard InChI is InChI=1S/C24H29NO2/c26-24-15-11-6-4-2-1-3-5-8-14-21-16-22(25-24)18-23(17-21)27-19-20-12-9-7-10-13-20/h3,5,7,9-10,12-13,16-18H,1-2,4,6,8,11,14-15,19H2,(H,25,26)/b5-3-. The van der Waals surface area contributed by atoms with E-state index < -0.39 is 0 Å². The Hall–Kier alpha value is -2.55. The first kappa shape index (κ1) is 19.2. The van der Waals surface area contributed by atoms with Crippen molar-refractivity contribution < 1.29 is 9.53 Å². The van der Waals surface area contributed by atoms with Crippen molar-refractivity contribution in [1.82, 2.24) is 0 Å². The molecule has 0 radical (unpaired) electrons. The fraction of sp³-hybridized carbons (Fsp3) is 0.375. The molecule has 3 heteroatoms. The molecule has 3 rings (SSSR count). The maximum absolute atomic E-state index is 12.3. The van der Waals surface area contributed by atoms with E-state index in [2.05, 4.69) is 41.7 Å². The molecule has 2 aromatic rings. The van der Waals surface area contributed by atoms with Crippen molar-refractivity contribution in [3.05, 3.63) is 71.8 Å². The van der Waals surface area contributed by atoms with Gasteiger partial charge in [-0.3, -0.25) is 4.79 Å². The molecule has 3 nitrogen and oxygen atoms in total. The Morgan fingerprint density at radius 2 is 1.67 bits per heavy atom. The minimum atomic E-state index is 0.0918. The summed E-state index contributed by atoms with van der Waals surface area (Å²) in [6, 6.07) is 16.2. The Bertz CT molecular complexity index is 752. The number of fused-ring (bicyclic) bond motifs is 2. The van der Waals surface area contributed by atoms with Crippen LogP contribution in [0.15, 0.2) is 60.7 Å². The second kappa shape index (κ2) is 10.6. The van der Waals surface area contributed by atoms with Crippen LogP contribution in [0.4, 0.5) is 5.69 Å². The summed E-state index contributed by atoms with van der Waals surface area (Å²) in [7, 11) is 0. The van der Waals surface area contributed by atoms with E-state index >= 15 is 0 Å². The molecule has 1 heterocycles. The molecule has 0 unspecified atom stereocenters. The highest BCUT2D eigenvalue weighted by atomic mass is 16.5. The third kappa shape index (κ3) is 6.93. The Balaban J connectivity index is 1.73. The highest BCUT2D eigenvalue weighted by Crippen LogP contribution is 2.24. The van der Waals surface area contributed by atoms with E-state index in [-0.39, 0.29) is 5.91 Å². The molecule has 1 N–H and O–H groups in total. The van der Waals surface area contributed by atoms with Crippen molar-refractivity contribution >= 4 is 11.6 Å². The van der Waals surface area contributed by atoms with E-state index in [0.29, 0.717) is 13.0 Å². The normalized spacial score (nSPS) is 17.3. The first-order chi connectivity index (χ1) is 13.3. The van der Waals surface area contributed by atoms with Gasteiger partial charge in [0.1, 0.15) is 12.4 Å². The predicted molar refractivity (Wildman–Crippen MR) is 111 cm³/mol. The molecule has 0 spiro atoms. The van der Waals surface area contributed by atoms with E-state index in [0.717, 1.165) is 49.1 Å². The van der Waals surface area contributed by atoms with Gasteiger partial charge in [0.2, 0.25) is 5.91 Å². The quantitative estimate of drug-likeness (QED) is 0.674. The summed E-state index contributed by atoms with van der Waals surface area (Å²) < 4.78 is 6.00. The lowest BCUT2D eigenvalue weighted by atomic mass is 10.1. The maximum Gasteiger partial charge on any atom is 0.224 e. The molecule has 0 aromatic heterocycles.